The van der Waals surface area contributed by atoms with Gasteiger partial charge in [-0.1, -0.05) is 38.1 Å². The standard InChI is InChI=1S/C23H25N3O/c1-15-10-11-17(12-16(15)2)24-22-21-19(13-23(3,4)14-20(21)27)26(25-22)18-8-6-5-7-9-18/h5-12H,13-14H2,1-4H3,(H,24,25). The van der Waals surface area contributed by atoms with Crippen LogP contribution < -0.4 is 5.32 Å². The largest absolute Gasteiger partial charge is 0.338 e. The van der Waals surface area contributed by atoms with Crippen molar-refractivity contribution in [3.05, 3.63) is 70.9 Å². The summed E-state index contributed by atoms with van der Waals surface area (Å²) in [4.78, 5) is 13.0. The molecule has 0 amide bonds. The number of ketones is 1. The molecule has 0 bridgehead atoms. The molecule has 0 atom stereocenters. The molecule has 0 spiro atoms. The van der Waals surface area contributed by atoms with E-state index in [9.17, 15) is 4.79 Å². The van der Waals surface area contributed by atoms with Crippen LogP contribution in [-0.2, 0) is 6.42 Å². The van der Waals surface area contributed by atoms with E-state index in [1.165, 1.54) is 11.1 Å². The summed E-state index contributed by atoms with van der Waals surface area (Å²) in [5.41, 5.74) is 6.06. The normalized spacial score (nSPS) is 15.5. The number of nitrogens with one attached hydrogen (secondary N) is 1. The van der Waals surface area contributed by atoms with E-state index in [1.54, 1.807) is 0 Å². The number of para-hydroxylation sites is 1. The first-order valence-electron chi connectivity index (χ1n) is 9.39. The van der Waals surface area contributed by atoms with Crippen molar-refractivity contribution in [3.8, 4) is 5.69 Å². The number of hydrogen-bond donors (Lipinski definition) is 1. The Kier molecular flexibility index (Phi) is 4.14. The average molecular weight is 359 g/mol. The van der Waals surface area contributed by atoms with Crippen molar-refractivity contribution >= 4 is 17.3 Å². The number of aromatic nitrogens is 2. The van der Waals surface area contributed by atoms with Crippen LogP contribution in [0.1, 0.15) is 47.4 Å². The molecule has 1 N–H and O–H groups in total. The van der Waals surface area contributed by atoms with Crippen molar-refractivity contribution in [2.24, 2.45) is 5.41 Å². The summed E-state index contributed by atoms with van der Waals surface area (Å²) in [7, 11) is 0. The van der Waals surface area contributed by atoms with Crippen LogP contribution in [-0.4, -0.2) is 15.6 Å². The van der Waals surface area contributed by atoms with Gasteiger partial charge in [0.1, 0.15) is 0 Å². The second-order valence-electron chi connectivity index (χ2n) is 8.28. The molecule has 0 radical (unpaired) electrons. The van der Waals surface area contributed by atoms with E-state index < -0.39 is 0 Å². The maximum absolute atomic E-state index is 13.0. The molecule has 4 heteroatoms. The minimum atomic E-state index is -0.0611. The van der Waals surface area contributed by atoms with E-state index >= 15 is 0 Å². The van der Waals surface area contributed by atoms with Crippen LogP contribution >= 0.6 is 0 Å². The fourth-order valence-electron chi connectivity index (χ4n) is 3.77. The number of rotatable bonds is 3. The van der Waals surface area contributed by atoms with Crippen molar-refractivity contribution in [2.75, 3.05) is 5.32 Å². The summed E-state index contributed by atoms with van der Waals surface area (Å²) in [6.45, 7) is 8.47. The number of carbonyl (C=O) groups is 1. The zero-order valence-corrected chi connectivity index (χ0v) is 16.3. The molecule has 1 aliphatic carbocycles. The predicted molar refractivity (Wildman–Crippen MR) is 109 cm³/mol. The summed E-state index contributed by atoms with van der Waals surface area (Å²) >= 11 is 0. The number of benzene rings is 2. The third-order valence-corrected chi connectivity index (χ3v) is 5.32. The molecule has 0 saturated heterocycles. The lowest BCUT2D eigenvalue weighted by Gasteiger charge is -2.29. The van der Waals surface area contributed by atoms with Crippen LogP contribution in [0.5, 0.6) is 0 Å². The summed E-state index contributed by atoms with van der Waals surface area (Å²) in [5.74, 6) is 0.812. The minimum absolute atomic E-state index is 0.0611. The van der Waals surface area contributed by atoms with Crippen LogP contribution in [0, 0.1) is 19.3 Å². The molecular weight excluding hydrogens is 334 g/mol. The number of fused-ring (bicyclic) bond motifs is 1. The van der Waals surface area contributed by atoms with Crippen molar-refractivity contribution in [2.45, 2.75) is 40.5 Å². The van der Waals surface area contributed by atoms with Gasteiger partial charge in [0.05, 0.1) is 16.9 Å². The number of nitrogens with zero attached hydrogens (tertiary/aromatic N) is 2. The number of Topliss-reactive ketones (excluding diaryl/α,β-unsaturated/α-hetero) is 1. The molecule has 0 unspecified atom stereocenters. The van der Waals surface area contributed by atoms with Gasteiger partial charge in [-0.2, -0.15) is 0 Å². The van der Waals surface area contributed by atoms with E-state index in [0.29, 0.717) is 12.2 Å². The van der Waals surface area contributed by atoms with E-state index in [2.05, 4.69) is 45.1 Å². The van der Waals surface area contributed by atoms with Crippen LogP contribution in [0.15, 0.2) is 48.5 Å². The highest BCUT2D eigenvalue weighted by atomic mass is 16.1. The molecular formula is C23H25N3O. The predicted octanol–water partition coefficient (Wildman–Crippen LogP) is 5.39. The lowest BCUT2D eigenvalue weighted by atomic mass is 9.76. The van der Waals surface area contributed by atoms with Gasteiger partial charge in [0.15, 0.2) is 11.6 Å². The van der Waals surface area contributed by atoms with E-state index in [4.69, 9.17) is 5.10 Å². The third-order valence-electron chi connectivity index (χ3n) is 5.32. The summed E-state index contributed by atoms with van der Waals surface area (Å²) in [6, 6.07) is 16.3. The molecule has 0 saturated carbocycles. The number of hydrogen-bond acceptors (Lipinski definition) is 3. The Labute approximate surface area is 160 Å². The highest BCUT2D eigenvalue weighted by Gasteiger charge is 2.36. The summed E-state index contributed by atoms with van der Waals surface area (Å²) in [6.07, 6.45) is 1.37. The molecule has 138 valence electrons. The van der Waals surface area contributed by atoms with Crippen LogP contribution in [0.2, 0.25) is 0 Å². The first kappa shape index (κ1) is 17.5. The number of carbonyl (C=O) groups excluding carboxylic acids is 1. The quantitative estimate of drug-likeness (QED) is 0.682. The number of anilines is 2. The van der Waals surface area contributed by atoms with Crippen molar-refractivity contribution < 1.29 is 4.79 Å². The molecule has 2 aromatic carbocycles. The summed E-state index contributed by atoms with van der Waals surface area (Å²) in [5, 5.41) is 8.21. The Hall–Kier alpha value is -2.88. The lowest BCUT2D eigenvalue weighted by molar-refractivity contribution is 0.0912. The molecule has 4 rings (SSSR count). The molecule has 4 nitrogen and oxygen atoms in total. The second-order valence-corrected chi connectivity index (χ2v) is 8.28. The van der Waals surface area contributed by atoms with Crippen LogP contribution in [0.4, 0.5) is 11.5 Å². The van der Waals surface area contributed by atoms with E-state index in [1.807, 2.05) is 41.1 Å². The first-order valence-corrected chi connectivity index (χ1v) is 9.39. The van der Waals surface area contributed by atoms with Crippen molar-refractivity contribution in [1.29, 1.82) is 0 Å². The fourth-order valence-corrected chi connectivity index (χ4v) is 3.77. The molecule has 27 heavy (non-hydrogen) atoms. The van der Waals surface area contributed by atoms with Crippen molar-refractivity contribution in [3.63, 3.8) is 0 Å². The number of aryl methyl sites for hydroxylation is 2. The molecule has 3 aromatic rings. The van der Waals surface area contributed by atoms with Gasteiger partial charge in [-0.15, -0.1) is 5.10 Å². The zero-order chi connectivity index (χ0) is 19.2. The van der Waals surface area contributed by atoms with E-state index in [0.717, 1.165) is 29.1 Å². The van der Waals surface area contributed by atoms with Gasteiger partial charge < -0.3 is 5.32 Å². The Balaban J connectivity index is 1.84. The smallest absolute Gasteiger partial charge is 0.169 e. The maximum Gasteiger partial charge on any atom is 0.169 e. The Morgan fingerprint density at radius 1 is 1.00 bits per heavy atom. The highest BCUT2D eigenvalue weighted by molar-refractivity contribution is 6.03. The lowest BCUT2D eigenvalue weighted by Crippen LogP contribution is -2.28. The van der Waals surface area contributed by atoms with Crippen LogP contribution in [0.25, 0.3) is 5.69 Å². The molecule has 1 heterocycles. The third kappa shape index (κ3) is 3.27. The molecule has 0 aliphatic heterocycles. The fraction of sp³-hybridized carbons (Fsp3) is 0.304. The first-order chi connectivity index (χ1) is 12.8. The minimum Gasteiger partial charge on any atom is -0.338 e. The molecule has 1 aromatic heterocycles. The van der Waals surface area contributed by atoms with Gasteiger partial charge in [-0.25, -0.2) is 4.68 Å². The van der Waals surface area contributed by atoms with Gasteiger partial charge in [-0.3, -0.25) is 4.79 Å². The van der Waals surface area contributed by atoms with Crippen molar-refractivity contribution in [1.82, 2.24) is 9.78 Å². The van der Waals surface area contributed by atoms with Crippen LogP contribution in [0.3, 0.4) is 0 Å². The SMILES string of the molecule is Cc1ccc(Nc2nn(-c3ccccc3)c3c2C(=O)CC(C)(C)C3)cc1C. The van der Waals surface area contributed by atoms with Gasteiger partial charge in [0, 0.05) is 12.1 Å². The highest BCUT2D eigenvalue weighted by Crippen LogP contribution is 2.39. The Morgan fingerprint density at radius 2 is 1.74 bits per heavy atom. The zero-order valence-electron chi connectivity index (χ0n) is 16.3. The van der Waals surface area contributed by atoms with Gasteiger partial charge in [-0.05, 0) is 61.1 Å². The second kappa shape index (κ2) is 6.38. The maximum atomic E-state index is 13.0. The Bertz CT molecular complexity index is 1020. The summed E-state index contributed by atoms with van der Waals surface area (Å²) < 4.78 is 1.93. The molecule has 0 fully saturated rings. The monoisotopic (exact) mass is 359 g/mol. The van der Waals surface area contributed by atoms with Gasteiger partial charge in [0.2, 0.25) is 0 Å². The Morgan fingerprint density at radius 3 is 2.44 bits per heavy atom. The van der Waals surface area contributed by atoms with Gasteiger partial charge >= 0.3 is 0 Å². The van der Waals surface area contributed by atoms with Gasteiger partial charge in [0.25, 0.3) is 0 Å². The van der Waals surface area contributed by atoms with E-state index in [-0.39, 0.29) is 11.2 Å². The topological polar surface area (TPSA) is 46.9 Å². The molecule has 1 aliphatic rings. The average Bonchev–Trinajstić information content (AvgIpc) is 2.96.